The Morgan fingerprint density at radius 1 is 1.31 bits per heavy atom. The molecule has 0 unspecified atom stereocenters. The highest BCUT2D eigenvalue weighted by atomic mass is 32.1. The Bertz CT molecular complexity index is 949. The highest BCUT2D eigenvalue weighted by Crippen LogP contribution is 2.40. The molecule has 1 aromatic carbocycles. The number of nitrogens with zero attached hydrogens (tertiary/aromatic N) is 3. The van der Waals surface area contributed by atoms with E-state index in [2.05, 4.69) is 51.7 Å². The van der Waals surface area contributed by atoms with Crippen molar-refractivity contribution in [3.63, 3.8) is 0 Å². The van der Waals surface area contributed by atoms with E-state index in [1.165, 1.54) is 23.3 Å². The molecule has 29 heavy (non-hydrogen) atoms. The maximum absolute atomic E-state index is 11.4. The highest BCUT2D eigenvalue weighted by Gasteiger charge is 2.19. The molecule has 0 bridgehead atoms. The molecule has 2 aromatic heterocycles. The standard InChI is InChI=1S/C20H23N5O3S/c1-25(15-6-8-27-9-7-15)11-13-2-4-14(5-3-13)17-10-16(23-20(21)26)18(29-17)19-24-22-12-28-19/h2-5,10,12,15H,6-9,11H2,1H3,(H3,21,23,26). The number of rotatable bonds is 6. The fraction of sp³-hybridized carbons (Fsp3) is 0.350. The fourth-order valence-corrected chi connectivity index (χ4v) is 4.55. The molecule has 152 valence electrons. The van der Waals surface area contributed by atoms with E-state index >= 15 is 0 Å². The second-order valence-corrected chi connectivity index (χ2v) is 8.09. The van der Waals surface area contributed by atoms with Gasteiger partial charge in [0.2, 0.25) is 6.39 Å². The molecule has 9 heteroatoms. The van der Waals surface area contributed by atoms with Crippen molar-refractivity contribution < 1.29 is 13.9 Å². The lowest BCUT2D eigenvalue weighted by molar-refractivity contribution is 0.0407. The molecule has 1 aliphatic heterocycles. The van der Waals surface area contributed by atoms with Gasteiger partial charge in [-0.2, -0.15) is 0 Å². The van der Waals surface area contributed by atoms with Crippen molar-refractivity contribution in [3.05, 3.63) is 42.3 Å². The fourth-order valence-electron chi connectivity index (χ4n) is 3.51. The Morgan fingerprint density at radius 3 is 2.72 bits per heavy atom. The maximum atomic E-state index is 11.4. The lowest BCUT2D eigenvalue weighted by Gasteiger charge is -2.31. The molecular weight excluding hydrogens is 390 g/mol. The van der Waals surface area contributed by atoms with Gasteiger partial charge >= 0.3 is 6.03 Å². The number of hydrogen-bond acceptors (Lipinski definition) is 7. The van der Waals surface area contributed by atoms with Crippen LogP contribution in [0.3, 0.4) is 0 Å². The molecule has 1 fully saturated rings. The molecule has 0 radical (unpaired) electrons. The van der Waals surface area contributed by atoms with Crippen LogP contribution in [0.15, 0.2) is 41.1 Å². The van der Waals surface area contributed by atoms with Gasteiger partial charge in [0.1, 0.15) is 4.88 Å². The van der Waals surface area contributed by atoms with Crippen LogP contribution in [0.1, 0.15) is 18.4 Å². The molecule has 1 aliphatic rings. The number of aromatic nitrogens is 2. The van der Waals surface area contributed by atoms with Gasteiger partial charge in [0, 0.05) is 30.7 Å². The number of thiophene rings is 1. The zero-order valence-electron chi connectivity index (χ0n) is 16.1. The predicted molar refractivity (Wildman–Crippen MR) is 112 cm³/mol. The van der Waals surface area contributed by atoms with Crippen LogP contribution in [-0.4, -0.2) is 47.4 Å². The van der Waals surface area contributed by atoms with Gasteiger partial charge in [-0.3, -0.25) is 4.90 Å². The minimum Gasteiger partial charge on any atom is -0.423 e. The second kappa shape index (κ2) is 8.73. The Kier molecular flexibility index (Phi) is 5.89. The number of urea groups is 1. The van der Waals surface area contributed by atoms with Crippen molar-refractivity contribution in [2.24, 2.45) is 5.73 Å². The van der Waals surface area contributed by atoms with E-state index < -0.39 is 6.03 Å². The lowest BCUT2D eigenvalue weighted by Crippen LogP contribution is -2.36. The summed E-state index contributed by atoms with van der Waals surface area (Å²) in [7, 11) is 2.17. The normalized spacial score (nSPS) is 15.0. The summed E-state index contributed by atoms with van der Waals surface area (Å²) in [5, 5.41) is 10.3. The summed E-state index contributed by atoms with van der Waals surface area (Å²) in [6.45, 7) is 2.59. The highest BCUT2D eigenvalue weighted by molar-refractivity contribution is 7.19. The summed E-state index contributed by atoms with van der Waals surface area (Å²) in [5.41, 5.74) is 8.16. The number of nitrogens with one attached hydrogen (secondary N) is 1. The molecule has 0 saturated carbocycles. The molecule has 0 spiro atoms. The number of benzene rings is 1. The molecule has 2 amide bonds. The number of ether oxygens (including phenoxy) is 1. The maximum Gasteiger partial charge on any atom is 0.316 e. The third-order valence-electron chi connectivity index (χ3n) is 5.03. The first kappa shape index (κ1) is 19.6. The van der Waals surface area contributed by atoms with Crippen LogP contribution in [0.4, 0.5) is 10.5 Å². The first-order chi connectivity index (χ1) is 14.1. The summed E-state index contributed by atoms with van der Waals surface area (Å²) < 4.78 is 10.7. The molecule has 1 saturated heterocycles. The van der Waals surface area contributed by atoms with E-state index in [-0.39, 0.29) is 0 Å². The third kappa shape index (κ3) is 4.64. The van der Waals surface area contributed by atoms with Gasteiger partial charge in [-0.25, -0.2) is 4.79 Å². The van der Waals surface area contributed by atoms with Crippen LogP contribution in [0.2, 0.25) is 0 Å². The van der Waals surface area contributed by atoms with Crippen molar-refractivity contribution in [2.75, 3.05) is 25.6 Å². The molecular formula is C20H23N5O3S. The van der Waals surface area contributed by atoms with E-state index in [0.29, 0.717) is 22.5 Å². The zero-order chi connectivity index (χ0) is 20.2. The number of carbonyl (C=O) groups is 1. The van der Waals surface area contributed by atoms with Gasteiger partial charge in [0.25, 0.3) is 5.89 Å². The Balaban J connectivity index is 1.52. The third-order valence-corrected chi connectivity index (χ3v) is 6.20. The van der Waals surface area contributed by atoms with E-state index in [9.17, 15) is 4.79 Å². The molecule has 8 nitrogen and oxygen atoms in total. The summed E-state index contributed by atoms with van der Waals surface area (Å²) in [4.78, 5) is 15.4. The predicted octanol–water partition coefficient (Wildman–Crippen LogP) is 3.57. The quantitative estimate of drug-likeness (QED) is 0.640. The first-order valence-electron chi connectivity index (χ1n) is 9.44. The number of carbonyl (C=O) groups excluding carboxylic acids is 1. The van der Waals surface area contributed by atoms with Gasteiger partial charge in [-0.1, -0.05) is 24.3 Å². The number of anilines is 1. The van der Waals surface area contributed by atoms with Crippen molar-refractivity contribution in [1.29, 1.82) is 0 Å². The van der Waals surface area contributed by atoms with Crippen LogP contribution in [0, 0.1) is 0 Å². The smallest absolute Gasteiger partial charge is 0.316 e. The zero-order valence-corrected chi connectivity index (χ0v) is 16.9. The first-order valence-corrected chi connectivity index (χ1v) is 10.3. The van der Waals surface area contributed by atoms with E-state index in [4.69, 9.17) is 14.9 Å². The summed E-state index contributed by atoms with van der Waals surface area (Å²) >= 11 is 1.46. The van der Waals surface area contributed by atoms with Crippen molar-refractivity contribution in [1.82, 2.24) is 15.1 Å². The number of primary amides is 1. The average Bonchev–Trinajstić information content (AvgIpc) is 3.39. The van der Waals surface area contributed by atoms with Gasteiger partial charge in [0.05, 0.1) is 5.69 Å². The van der Waals surface area contributed by atoms with Crippen LogP contribution in [0.5, 0.6) is 0 Å². The lowest BCUT2D eigenvalue weighted by atomic mass is 10.1. The minimum absolute atomic E-state index is 0.347. The number of nitrogens with two attached hydrogens (primary N) is 1. The van der Waals surface area contributed by atoms with Crippen LogP contribution >= 0.6 is 11.3 Å². The van der Waals surface area contributed by atoms with E-state index in [1.54, 1.807) is 0 Å². The van der Waals surface area contributed by atoms with Crippen LogP contribution < -0.4 is 11.1 Å². The van der Waals surface area contributed by atoms with Crippen molar-refractivity contribution in [2.45, 2.75) is 25.4 Å². The number of hydrogen-bond donors (Lipinski definition) is 2. The van der Waals surface area contributed by atoms with Gasteiger partial charge in [-0.15, -0.1) is 21.5 Å². The molecule has 0 aliphatic carbocycles. The van der Waals surface area contributed by atoms with E-state index in [0.717, 1.165) is 43.0 Å². The second-order valence-electron chi connectivity index (χ2n) is 7.04. The van der Waals surface area contributed by atoms with Gasteiger partial charge < -0.3 is 20.2 Å². The van der Waals surface area contributed by atoms with Crippen LogP contribution in [-0.2, 0) is 11.3 Å². The monoisotopic (exact) mass is 413 g/mol. The molecule has 4 rings (SSSR count). The van der Waals surface area contributed by atoms with Crippen molar-refractivity contribution >= 4 is 23.1 Å². The Hall–Kier alpha value is -2.75. The summed E-state index contributed by atoms with van der Waals surface area (Å²) in [6.07, 6.45) is 3.42. The topological polar surface area (TPSA) is 107 Å². The molecule has 0 atom stereocenters. The molecule has 3 N–H and O–H groups in total. The molecule has 3 heterocycles. The summed E-state index contributed by atoms with van der Waals surface area (Å²) in [6, 6.07) is 10.3. The minimum atomic E-state index is -0.637. The number of amides is 2. The van der Waals surface area contributed by atoms with Crippen molar-refractivity contribution in [3.8, 4) is 21.2 Å². The Labute approximate surface area is 172 Å². The summed E-state index contributed by atoms with van der Waals surface area (Å²) in [5.74, 6) is 0.347. The largest absolute Gasteiger partial charge is 0.423 e. The van der Waals surface area contributed by atoms with Gasteiger partial charge in [0.15, 0.2) is 0 Å². The van der Waals surface area contributed by atoms with Gasteiger partial charge in [-0.05, 0) is 37.1 Å². The molecule has 3 aromatic rings. The SMILES string of the molecule is CN(Cc1ccc(-c2cc(NC(N)=O)c(-c3nnco3)s2)cc1)C1CCOCC1. The average molecular weight is 414 g/mol. The van der Waals surface area contributed by atoms with Crippen LogP contribution in [0.25, 0.3) is 21.2 Å². The Morgan fingerprint density at radius 2 is 2.07 bits per heavy atom. The van der Waals surface area contributed by atoms with E-state index in [1.807, 2.05) is 6.07 Å².